The first-order chi connectivity index (χ1) is 11.1. The van der Waals surface area contributed by atoms with Gasteiger partial charge in [-0.15, -0.1) is 0 Å². The van der Waals surface area contributed by atoms with Crippen LogP contribution in [-0.4, -0.2) is 53.8 Å². The second-order valence-electron chi connectivity index (χ2n) is 6.04. The number of carbonyl (C=O) groups excluding carboxylic acids is 1. The molecule has 5 nitrogen and oxygen atoms in total. The van der Waals surface area contributed by atoms with Gasteiger partial charge in [-0.1, -0.05) is 11.6 Å². The van der Waals surface area contributed by atoms with Crippen molar-refractivity contribution in [3.63, 3.8) is 0 Å². The molecular formula is C17H21ClN2O3. The van der Waals surface area contributed by atoms with E-state index in [1.165, 1.54) is 12.7 Å². The first kappa shape index (κ1) is 16.3. The number of methoxy groups -OCH3 is 1. The highest BCUT2D eigenvalue weighted by atomic mass is 35.5. The molecule has 0 spiro atoms. The van der Waals surface area contributed by atoms with E-state index >= 15 is 0 Å². The number of hydrogen-bond donors (Lipinski definition) is 2. The van der Waals surface area contributed by atoms with Gasteiger partial charge >= 0.3 is 5.97 Å². The van der Waals surface area contributed by atoms with Crippen molar-refractivity contribution < 1.29 is 14.6 Å². The molecule has 2 atom stereocenters. The van der Waals surface area contributed by atoms with Gasteiger partial charge in [-0.3, -0.25) is 4.79 Å². The Morgan fingerprint density at radius 3 is 3.13 bits per heavy atom. The Hall–Kier alpha value is -1.56. The van der Waals surface area contributed by atoms with Crippen molar-refractivity contribution in [1.82, 2.24) is 9.88 Å². The topological polar surface area (TPSA) is 65.6 Å². The summed E-state index contributed by atoms with van der Waals surface area (Å²) in [5.41, 5.74) is 2.29. The maximum atomic E-state index is 11.7. The van der Waals surface area contributed by atoms with E-state index in [1.54, 1.807) is 0 Å². The van der Waals surface area contributed by atoms with Crippen LogP contribution in [0, 0.1) is 5.92 Å². The van der Waals surface area contributed by atoms with Crippen LogP contribution in [0.1, 0.15) is 12.0 Å². The molecule has 0 radical (unpaired) electrons. The monoisotopic (exact) mass is 336 g/mol. The van der Waals surface area contributed by atoms with Crippen molar-refractivity contribution in [2.24, 2.45) is 5.92 Å². The van der Waals surface area contributed by atoms with Gasteiger partial charge in [0.2, 0.25) is 0 Å². The summed E-state index contributed by atoms with van der Waals surface area (Å²) in [6, 6.07) is 5.82. The number of aromatic nitrogens is 1. The van der Waals surface area contributed by atoms with Gasteiger partial charge in [0.1, 0.15) is 0 Å². The van der Waals surface area contributed by atoms with Crippen molar-refractivity contribution in [3.05, 3.63) is 35.0 Å². The predicted molar refractivity (Wildman–Crippen MR) is 89.6 cm³/mol. The number of halogens is 1. The van der Waals surface area contributed by atoms with Crippen LogP contribution < -0.4 is 0 Å². The molecule has 124 valence electrons. The molecule has 1 aliphatic heterocycles. The van der Waals surface area contributed by atoms with E-state index in [-0.39, 0.29) is 5.97 Å². The Labute approximate surface area is 140 Å². The maximum absolute atomic E-state index is 11.7. The second kappa shape index (κ2) is 6.91. The summed E-state index contributed by atoms with van der Waals surface area (Å²) < 4.78 is 4.78. The normalized spacial score (nSPS) is 22.4. The second-order valence-corrected chi connectivity index (χ2v) is 6.48. The quantitative estimate of drug-likeness (QED) is 0.840. The smallest absolute Gasteiger partial charge is 0.312 e. The van der Waals surface area contributed by atoms with Crippen LogP contribution in [0.2, 0.25) is 5.02 Å². The Morgan fingerprint density at radius 2 is 2.35 bits per heavy atom. The van der Waals surface area contributed by atoms with Crippen LogP contribution >= 0.6 is 11.6 Å². The van der Waals surface area contributed by atoms with Crippen molar-refractivity contribution in [3.8, 4) is 0 Å². The molecule has 0 unspecified atom stereocenters. The van der Waals surface area contributed by atoms with E-state index in [0.29, 0.717) is 13.0 Å². The number of carbonyl (C=O) groups is 1. The average molecular weight is 337 g/mol. The van der Waals surface area contributed by atoms with Gasteiger partial charge in [0.25, 0.3) is 0 Å². The number of likely N-dealkylation sites (tertiary alicyclic amines) is 1. The molecule has 3 rings (SSSR count). The van der Waals surface area contributed by atoms with E-state index in [2.05, 4.69) is 9.88 Å². The Morgan fingerprint density at radius 1 is 1.52 bits per heavy atom. The highest BCUT2D eigenvalue weighted by Crippen LogP contribution is 2.24. The fourth-order valence-corrected chi connectivity index (χ4v) is 3.40. The van der Waals surface area contributed by atoms with E-state index in [0.717, 1.165) is 35.4 Å². The first-order valence-corrected chi connectivity index (χ1v) is 8.20. The van der Waals surface area contributed by atoms with Crippen LogP contribution in [-0.2, 0) is 16.0 Å². The summed E-state index contributed by atoms with van der Waals surface area (Å²) in [6.07, 6.45) is 2.87. The van der Waals surface area contributed by atoms with Crippen LogP contribution in [0.5, 0.6) is 0 Å². The molecule has 23 heavy (non-hydrogen) atoms. The van der Waals surface area contributed by atoms with Crippen LogP contribution in [0.15, 0.2) is 24.4 Å². The third-order valence-corrected chi connectivity index (χ3v) is 4.83. The molecule has 1 aromatic carbocycles. The van der Waals surface area contributed by atoms with E-state index in [1.807, 2.05) is 24.4 Å². The molecule has 2 N–H and O–H groups in total. The Balaban J connectivity index is 1.65. The fraction of sp³-hybridized carbons (Fsp3) is 0.471. The van der Waals surface area contributed by atoms with Crippen molar-refractivity contribution >= 4 is 28.5 Å². The van der Waals surface area contributed by atoms with Crippen LogP contribution in [0.25, 0.3) is 10.9 Å². The lowest BCUT2D eigenvalue weighted by molar-refractivity contribution is -0.152. The summed E-state index contributed by atoms with van der Waals surface area (Å²) in [6.45, 7) is 2.16. The van der Waals surface area contributed by atoms with Crippen LogP contribution in [0.4, 0.5) is 0 Å². The minimum atomic E-state index is -0.606. The summed E-state index contributed by atoms with van der Waals surface area (Å²) >= 11 is 6.08. The van der Waals surface area contributed by atoms with Gasteiger partial charge in [-0.2, -0.15) is 0 Å². The van der Waals surface area contributed by atoms with Crippen molar-refractivity contribution in [2.75, 3.05) is 26.7 Å². The van der Waals surface area contributed by atoms with Crippen molar-refractivity contribution in [2.45, 2.75) is 18.9 Å². The third-order valence-electron chi connectivity index (χ3n) is 4.59. The van der Waals surface area contributed by atoms with Crippen molar-refractivity contribution in [1.29, 1.82) is 0 Å². The van der Waals surface area contributed by atoms with E-state index < -0.39 is 12.0 Å². The van der Waals surface area contributed by atoms with Gasteiger partial charge in [-0.25, -0.2) is 0 Å². The molecule has 0 amide bonds. The zero-order valence-electron chi connectivity index (χ0n) is 13.1. The molecule has 6 heteroatoms. The lowest BCUT2D eigenvalue weighted by Crippen LogP contribution is -2.47. The van der Waals surface area contributed by atoms with Crippen LogP contribution in [0.3, 0.4) is 0 Å². The van der Waals surface area contributed by atoms with Gasteiger partial charge in [-0.05, 0) is 36.6 Å². The lowest BCUT2D eigenvalue weighted by atomic mass is 9.94. The third kappa shape index (κ3) is 3.52. The number of aliphatic hydroxyl groups excluding tert-OH is 1. The number of piperidine rings is 1. The lowest BCUT2D eigenvalue weighted by Gasteiger charge is -2.34. The number of ether oxygens (including phenoxy) is 1. The number of aliphatic hydroxyl groups is 1. The standard InChI is InChI=1S/C17H21ClN2O3/c1-23-17(22)14-10-20(7-5-16(14)21)6-4-11-9-19-15-3-2-12(18)8-13(11)15/h2-3,8-9,14,16,19,21H,4-7,10H2,1H3/t14-,16-/m1/s1. The number of aromatic amines is 1. The van der Waals surface area contributed by atoms with Gasteiger partial charge in [0, 0.05) is 41.8 Å². The van der Waals surface area contributed by atoms with Gasteiger partial charge < -0.3 is 19.7 Å². The number of nitrogens with zero attached hydrogens (tertiary/aromatic N) is 1. The highest BCUT2D eigenvalue weighted by Gasteiger charge is 2.33. The summed E-state index contributed by atoms with van der Waals surface area (Å²) in [5, 5.41) is 11.8. The van der Waals surface area contributed by atoms with Gasteiger partial charge in [0.05, 0.1) is 19.1 Å². The fourth-order valence-electron chi connectivity index (χ4n) is 3.23. The number of benzene rings is 1. The molecular weight excluding hydrogens is 316 g/mol. The molecule has 0 saturated carbocycles. The number of hydrogen-bond acceptors (Lipinski definition) is 4. The minimum Gasteiger partial charge on any atom is -0.469 e. The summed E-state index contributed by atoms with van der Waals surface area (Å²) in [4.78, 5) is 17.2. The SMILES string of the molecule is COC(=O)[C@@H]1CN(CCc2c[nH]c3ccc(Cl)cc23)CC[C@H]1O. The maximum Gasteiger partial charge on any atom is 0.312 e. The number of esters is 1. The average Bonchev–Trinajstić information content (AvgIpc) is 2.95. The van der Waals surface area contributed by atoms with Gasteiger partial charge in [0.15, 0.2) is 0 Å². The zero-order valence-corrected chi connectivity index (χ0v) is 13.8. The first-order valence-electron chi connectivity index (χ1n) is 7.82. The number of H-pyrrole nitrogens is 1. The largest absolute Gasteiger partial charge is 0.469 e. The Kier molecular flexibility index (Phi) is 4.90. The minimum absolute atomic E-state index is 0.332. The Bertz CT molecular complexity index is 700. The summed E-state index contributed by atoms with van der Waals surface area (Å²) in [7, 11) is 1.36. The molecule has 1 saturated heterocycles. The molecule has 2 heterocycles. The molecule has 2 aromatic rings. The number of nitrogens with one attached hydrogen (secondary N) is 1. The summed E-state index contributed by atoms with van der Waals surface area (Å²) in [5.74, 6) is -0.785. The highest BCUT2D eigenvalue weighted by molar-refractivity contribution is 6.31. The zero-order chi connectivity index (χ0) is 16.4. The molecule has 1 aliphatic rings. The molecule has 0 bridgehead atoms. The molecule has 1 aromatic heterocycles. The predicted octanol–water partition coefficient (Wildman–Crippen LogP) is 2.22. The number of fused-ring (bicyclic) bond motifs is 1. The number of rotatable bonds is 4. The molecule has 0 aliphatic carbocycles. The molecule has 1 fully saturated rings. The van der Waals surface area contributed by atoms with E-state index in [9.17, 15) is 9.90 Å². The van der Waals surface area contributed by atoms with E-state index in [4.69, 9.17) is 16.3 Å².